The highest BCUT2D eigenvalue weighted by Crippen LogP contribution is 2.15. The van der Waals surface area contributed by atoms with Crippen LogP contribution in [0.2, 0.25) is 0 Å². The second-order valence-electron chi connectivity index (χ2n) is 5.00. The zero-order valence-electron chi connectivity index (χ0n) is 12.9. The quantitative estimate of drug-likeness (QED) is 0.786. The second kappa shape index (κ2) is 6.65. The molecule has 118 valence electrons. The maximum atomic E-state index is 11.8. The normalized spacial score (nSPS) is 17.2. The van der Waals surface area contributed by atoms with Crippen LogP contribution >= 0.6 is 0 Å². The zero-order chi connectivity index (χ0) is 15.5. The summed E-state index contributed by atoms with van der Waals surface area (Å²) < 4.78 is 25.2. The number of anilines is 1. The van der Waals surface area contributed by atoms with Crippen molar-refractivity contribution >= 4 is 16.0 Å². The van der Waals surface area contributed by atoms with Crippen molar-refractivity contribution in [3.63, 3.8) is 0 Å². The van der Waals surface area contributed by atoms with Crippen molar-refractivity contribution < 1.29 is 8.42 Å². The van der Waals surface area contributed by atoms with Gasteiger partial charge in [-0.1, -0.05) is 13.8 Å². The van der Waals surface area contributed by atoms with E-state index in [0.29, 0.717) is 32.1 Å². The minimum absolute atomic E-state index is 0.149. The summed E-state index contributed by atoms with van der Waals surface area (Å²) in [6, 6.07) is 0. The van der Waals surface area contributed by atoms with Gasteiger partial charge in [-0.05, 0) is 19.8 Å². The Bertz CT molecular complexity index is 582. The van der Waals surface area contributed by atoms with Gasteiger partial charge in [0, 0.05) is 26.2 Å². The van der Waals surface area contributed by atoms with Crippen molar-refractivity contribution in [1.29, 1.82) is 0 Å². The van der Waals surface area contributed by atoms with E-state index in [4.69, 9.17) is 0 Å². The van der Waals surface area contributed by atoms with Gasteiger partial charge in [0.15, 0.2) is 0 Å². The molecule has 1 fully saturated rings. The van der Waals surface area contributed by atoms with Crippen LogP contribution in [0.5, 0.6) is 0 Å². The smallest absolute Gasteiger partial charge is 0.245 e. The molecular weight excluding hydrogens is 290 g/mol. The number of nitrogens with zero attached hydrogens (tertiary/aromatic N) is 5. The molecule has 1 aliphatic rings. The highest BCUT2D eigenvalue weighted by atomic mass is 32.2. The first-order valence-electron chi connectivity index (χ1n) is 7.47. The predicted molar refractivity (Wildman–Crippen MR) is 81.8 cm³/mol. The average Bonchev–Trinajstić information content (AvgIpc) is 2.54. The lowest BCUT2D eigenvalue weighted by molar-refractivity contribution is 0.382. The van der Waals surface area contributed by atoms with E-state index < -0.39 is 10.0 Å². The molecule has 1 aliphatic heterocycles. The van der Waals surface area contributed by atoms with Gasteiger partial charge >= 0.3 is 0 Å². The molecule has 0 N–H and O–H groups in total. The van der Waals surface area contributed by atoms with Gasteiger partial charge in [-0.2, -0.15) is 9.40 Å². The standard InChI is InChI=1S/C13H23N5O2S/c1-4-11-12(5-2)15-16-13(14-11)17-7-9-18(10-8-17)21(19,20)6-3/h4-10H2,1-3H3. The Morgan fingerprint density at radius 1 is 0.952 bits per heavy atom. The average molecular weight is 313 g/mol. The van der Waals surface area contributed by atoms with Crippen LogP contribution in [0.15, 0.2) is 0 Å². The maximum Gasteiger partial charge on any atom is 0.245 e. The minimum atomic E-state index is -3.10. The largest absolute Gasteiger partial charge is 0.337 e. The topological polar surface area (TPSA) is 79.3 Å². The lowest BCUT2D eigenvalue weighted by atomic mass is 10.2. The number of hydrogen-bond acceptors (Lipinski definition) is 6. The number of aromatic nitrogens is 3. The van der Waals surface area contributed by atoms with Crippen LogP contribution in [0, 0.1) is 0 Å². The molecule has 0 saturated carbocycles. The molecule has 7 nitrogen and oxygen atoms in total. The number of piperazine rings is 1. The minimum Gasteiger partial charge on any atom is -0.337 e. The van der Waals surface area contributed by atoms with Crippen LogP contribution in [0.4, 0.5) is 5.95 Å². The van der Waals surface area contributed by atoms with Crippen molar-refractivity contribution in [3.05, 3.63) is 11.4 Å². The van der Waals surface area contributed by atoms with Gasteiger partial charge in [0.2, 0.25) is 16.0 Å². The first-order valence-corrected chi connectivity index (χ1v) is 9.08. The highest BCUT2D eigenvalue weighted by molar-refractivity contribution is 7.89. The third kappa shape index (κ3) is 3.49. The fraction of sp³-hybridized carbons (Fsp3) is 0.769. The molecule has 0 amide bonds. The van der Waals surface area contributed by atoms with Crippen LogP contribution in [-0.2, 0) is 22.9 Å². The fourth-order valence-electron chi connectivity index (χ4n) is 2.41. The Morgan fingerprint density at radius 3 is 2.10 bits per heavy atom. The monoisotopic (exact) mass is 313 g/mol. The third-order valence-corrected chi connectivity index (χ3v) is 5.66. The number of sulfonamides is 1. The van der Waals surface area contributed by atoms with Gasteiger partial charge in [-0.25, -0.2) is 13.4 Å². The molecule has 0 aliphatic carbocycles. The molecule has 0 radical (unpaired) electrons. The van der Waals surface area contributed by atoms with Gasteiger partial charge in [-0.3, -0.25) is 0 Å². The van der Waals surface area contributed by atoms with Gasteiger partial charge in [-0.15, -0.1) is 5.10 Å². The Balaban J connectivity index is 2.09. The van der Waals surface area contributed by atoms with Crippen molar-refractivity contribution in [2.75, 3.05) is 36.8 Å². The Labute approximate surface area is 126 Å². The lowest BCUT2D eigenvalue weighted by Gasteiger charge is -2.33. The van der Waals surface area contributed by atoms with Crippen LogP contribution in [-0.4, -0.2) is 59.8 Å². The van der Waals surface area contributed by atoms with Crippen molar-refractivity contribution in [2.24, 2.45) is 0 Å². The lowest BCUT2D eigenvalue weighted by Crippen LogP contribution is -2.49. The van der Waals surface area contributed by atoms with Gasteiger partial charge in [0.05, 0.1) is 17.1 Å². The third-order valence-electron chi connectivity index (χ3n) is 3.78. The molecule has 0 atom stereocenters. The Morgan fingerprint density at radius 2 is 1.57 bits per heavy atom. The van der Waals surface area contributed by atoms with E-state index in [1.807, 2.05) is 11.8 Å². The number of hydrogen-bond donors (Lipinski definition) is 0. The molecule has 0 unspecified atom stereocenters. The summed E-state index contributed by atoms with van der Waals surface area (Å²) in [5.74, 6) is 0.758. The van der Waals surface area contributed by atoms with Gasteiger partial charge in [0.25, 0.3) is 0 Å². The van der Waals surface area contributed by atoms with Crippen LogP contribution in [0.25, 0.3) is 0 Å². The molecule has 21 heavy (non-hydrogen) atoms. The van der Waals surface area contributed by atoms with Crippen molar-refractivity contribution in [2.45, 2.75) is 33.6 Å². The molecule has 2 heterocycles. The summed E-state index contributed by atoms with van der Waals surface area (Å²) in [6.45, 7) is 7.95. The molecule has 0 spiro atoms. The zero-order valence-corrected chi connectivity index (χ0v) is 13.7. The van der Waals surface area contributed by atoms with E-state index >= 15 is 0 Å². The summed E-state index contributed by atoms with van der Waals surface area (Å²) in [6.07, 6.45) is 1.65. The van der Waals surface area contributed by atoms with E-state index in [2.05, 4.69) is 22.1 Å². The summed E-state index contributed by atoms with van der Waals surface area (Å²) in [4.78, 5) is 6.58. The molecule has 0 bridgehead atoms. The summed E-state index contributed by atoms with van der Waals surface area (Å²) in [5.41, 5.74) is 1.92. The molecule has 1 aromatic rings. The number of rotatable bonds is 5. The van der Waals surface area contributed by atoms with Crippen LogP contribution in [0.1, 0.15) is 32.2 Å². The predicted octanol–water partition coefficient (Wildman–Crippen LogP) is 0.468. The summed E-state index contributed by atoms with van der Waals surface area (Å²) in [5, 5.41) is 8.43. The van der Waals surface area contributed by atoms with Crippen LogP contribution in [0.3, 0.4) is 0 Å². The molecule has 1 aromatic heterocycles. The van der Waals surface area contributed by atoms with Gasteiger partial charge < -0.3 is 4.90 Å². The van der Waals surface area contributed by atoms with E-state index in [9.17, 15) is 8.42 Å². The second-order valence-corrected chi connectivity index (χ2v) is 7.26. The Hall–Kier alpha value is -1.28. The SMILES string of the molecule is CCc1nnc(N2CCN(S(=O)(=O)CC)CC2)nc1CC. The Kier molecular flexibility index (Phi) is 5.10. The summed E-state index contributed by atoms with van der Waals surface area (Å²) in [7, 11) is -3.10. The van der Waals surface area contributed by atoms with Crippen LogP contribution < -0.4 is 4.90 Å². The molecular formula is C13H23N5O2S. The van der Waals surface area contributed by atoms with Gasteiger partial charge in [0.1, 0.15) is 0 Å². The van der Waals surface area contributed by atoms with E-state index in [1.165, 1.54) is 4.31 Å². The highest BCUT2D eigenvalue weighted by Gasteiger charge is 2.26. The number of aryl methyl sites for hydroxylation is 2. The summed E-state index contributed by atoms with van der Waals surface area (Å²) >= 11 is 0. The fourth-order valence-corrected chi connectivity index (χ4v) is 3.50. The maximum absolute atomic E-state index is 11.8. The van der Waals surface area contributed by atoms with E-state index in [0.717, 1.165) is 24.2 Å². The molecule has 0 aromatic carbocycles. The molecule has 1 saturated heterocycles. The molecule has 8 heteroatoms. The first-order chi connectivity index (χ1) is 10.0. The first kappa shape index (κ1) is 16.1. The van der Waals surface area contributed by atoms with Crippen molar-refractivity contribution in [3.8, 4) is 0 Å². The van der Waals surface area contributed by atoms with E-state index in [-0.39, 0.29) is 5.75 Å². The van der Waals surface area contributed by atoms with E-state index in [1.54, 1.807) is 6.92 Å². The van der Waals surface area contributed by atoms with Crippen molar-refractivity contribution in [1.82, 2.24) is 19.5 Å². The molecule has 2 rings (SSSR count).